The summed E-state index contributed by atoms with van der Waals surface area (Å²) < 4.78 is 0. The third-order valence-electron chi connectivity index (χ3n) is 1.17. The first-order valence-electron chi connectivity index (χ1n) is 3.00. The van der Waals surface area contributed by atoms with Crippen LogP contribution in [0.3, 0.4) is 0 Å². The maximum Gasteiger partial charge on any atom is 0.113 e. The van der Waals surface area contributed by atoms with Gasteiger partial charge in [-0.15, -0.1) is 11.3 Å². The molecule has 0 spiro atoms. The van der Waals surface area contributed by atoms with Gasteiger partial charge in [0.05, 0.1) is 11.4 Å². The first-order chi connectivity index (χ1) is 5.38. The summed E-state index contributed by atoms with van der Waals surface area (Å²) in [6.45, 7) is 0.150. The molecule has 0 fully saturated rings. The minimum absolute atomic E-state index is 0.150. The van der Waals surface area contributed by atoms with Gasteiger partial charge in [0.15, 0.2) is 0 Å². The van der Waals surface area contributed by atoms with Gasteiger partial charge < -0.3 is 10.4 Å². The van der Waals surface area contributed by atoms with Crippen LogP contribution in [-0.4, -0.2) is 22.7 Å². The maximum atomic E-state index is 8.47. The molecule has 1 heterocycles. The Labute approximate surface area is 67.7 Å². The Hall–Kier alpha value is -0.910. The molecule has 0 aliphatic rings. The summed E-state index contributed by atoms with van der Waals surface area (Å²) >= 11 is 1.45. The average Bonchev–Trinajstić information content (AvgIpc) is 2.52. The standard InChI is InChI=1S/C6H8N2O2S/c9-7-4-5(8-10)6-2-1-3-11-6/h1-3,7,9-10H,4H2/b8-5-. The van der Waals surface area contributed by atoms with Crippen LogP contribution < -0.4 is 5.48 Å². The molecule has 0 aliphatic carbocycles. The molecule has 11 heavy (non-hydrogen) atoms. The van der Waals surface area contributed by atoms with Crippen molar-refractivity contribution in [3.63, 3.8) is 0 Å². The van der Waals surface area contributed by atoms with Gasteiger partial charge in [0.2, 0.25) is 0 Å². The van der Waals surface area contributed by atoms with Gasteiger partial charge in [-0.1, -0.05) is 11.2 Å². The van der Waals surface area contributed by atoms with Gasteiger partial charge in [0.25, 0.3) is 0 Å². The average molecular weight is 172 g/mol. The van der Waals surface area contributed by atoms with Gasteiger partial charge >= 0.3 is 0 Å². The van der Waals surface area contributed by atoms with Crippen molar-refractivity contribution >= 4 is 17.0 Å². The number of nitrogens with one attached hydrogen (secondary N) is 1. The van der Waals surface area contributed by atoms with Crippen LogP contribution in [0.2, 0.25) is 0 Å². The number of nitrogens with zero attached hydrogens (tertiary/aromatic N) is 1. The molecule has 0 atom stereocenters. The monoisotopic (exact) mass is 172 g/mol. The second kappa shape index (κ2) is 4.07. The summed E-state index contributed by atoms with van der Waals surface area (Å²) in [6, 6.07) is 3.67. The summed E-state index contributed by atoms with van der Waals surface area (Å²) in [5, 5.41) is 21.7. The molecule has 4 nitrogen and oxygen atoms in total. The lowest BCUT2D eigenvalue weighted by Gasteiger charge is -1.97. The molecular formula is C6H8N2O2S. The number of hydroxylamine groups is 1. The fraction of sp³-hybridized carbons (Fsp3) is 0.167. The van der Waals surface area contributed by atoms with Crippen LogP contribution in [0.25, 0.3) is 0 Å². The van der Waals surface area contributed by atoms with E-state index in [4.69, 9.17) is 10.4 Å². The van der Waals surface area contributed by atoms with E-state index >= 15 is 0 Å². The normalized spacial score (nSPS) is 11.9. The summed E-state index contributed by atoms with van der Waals surface area (Å²) in [5.74, 6) is 0. The van der Waals surface area contributed by atoms with Crippen molar-refractivity contribution in [2.75, 3.05) is 6.54 Å². The molecule has 0 aliphatic heterocycles. The minimum Gasteiger partial charge on any atom is -0.411 e. The molecule has 0 amide bonds. The molecule has 0 saturated heterocycles. The summed E-state index contributed by atoms with van der Waals surface area (Å²) in [4.78, 5) is 0.842. The van der Waals surface area contributed by atoms with Crippen molar-refractivity contribution in [2.45, 2.75) is 0 Å². The molecule has 0 radical (unpaired) electrons. The smallest absolute Gasteiger partial charge is 0.113 e. The van der Waals surface area contributed by atoms with E-state index < -0.39 is 0 Å². The SMILES string of the molecule is O/N=C(/CNO)c1cccs1. The van der Waals surface area contributed by atoms with Crippen molar-refractivity contribution < 1.29 is 10.4 Å². The molecule has 1 aromatic heterocycles. The van der Waals surface area contributed by atoms with Crippen LogP contribution in [0.4, 0.5) is 0 Å². The van der Waals surface area contributed by atoms with Crippen molar-refractivity contribution in [1.82, 2.24) is 5.48 Å². The topological polar surface area (TPSA) is 64.9 Å². The number of thiophene rings is 1. The minimum atomic E-state index is 0.150. The molecule has 0 aromatic carbocycles. The summed E-state index contributed by atoms with van der Waals surface area (Å²) in [7, 11) is 0. The van der Waals surface area contributed by atoms with Crippen molar-refractivity contribution in [3.05, 3.63) is 22.4 Å². The highest BCUT2D eigenvalue weighted by Crippen LogP contribution is 2.09. The Morgan fingerprint density at radius 1 is 1.73 bits per heavy atom. The largest absolute Gasteiger partial charge is 0.411 e. The number of oxime groups is 1. The van der Waals surface area contributed by atoms with Crippen LogP contribution in [-0.2, 0) is 0 Å². The Balaban J connectivity index is 2.72. The second-order valence-corrected chi connectivity index (χ2v) is 2.81. The fourth-order valence-electron chi connectivity index (χ4n) is 0.689. The lowest BCUT2D eigenvalue weighted by molar-refractivity contribution is 0.182. The Kier molecular flexibility index (Phi) is 3.03. The van der Waals surface area contributed by atoms with E-state index in [0.29, 0.717) is 5.71 Å². The fourth-order valence-corrected chi connectivity index (χ4v) is 1.40. The van der Waals surface area contributed by atoms with E-state index in [1.54, 1.807) is 0 Å². The first-order valence-corrected chi connectivity index (χ1v) is 3.88. The Bertz CT molecular complexity index is 233. The van der Waals surface area contributed by atoms with Crippen molar-refractivity contribution in [3.8, 4) is 0 Å². The molecule has 0 bridgehead atoms. The van der Waals surface area contributed by atoms with E-state index in [-0.39, 0.29) is 6.54 Å². The molecule has 5 heteroatoms. The molecule has 1 aromatic rings. The van der Waals surface area contributed by atoms with Gasteiger partial charge in [-0.25, -0.2) is 0 Å². The van der Waals surface area contributed by atoms with Crippen LogP contribution in [0.5, 0.6) is 0 Å². The number of hydrogen-bond donors (Lipinski definition) is 3. The maximum absolute atomic E-state index is 8.47. The van der Waals surface area contributed by atoms with E-state index in [2.05, 4.69) is 5.16 Å². The molecule has 0 saturated carbocycles. The van der Waals surface area contributed by atoms with Crippen molar-refractivity contribution in [1.29, 1.82) is 0 Å². The van der Waals surface area contributed by atoms with Crippen LogP contribution in [0.1, 0.15) is 4.88 Å². The van der Waals surface area contributed by atoms with E-state index in [1.807, 2.05) is 23.0 Å². The van der Waals surface area contributed by atoms with E-state index in [1.165, 1.54) is 11.3 Å². The lowest BCUT2D eigenvalue weighted by atomic mass is 10.3. The van der Waals surface area contributed by atoms with Crippen molar-refractivity contribution in [2.24, 2.45) is 5.16 Å². The van der Waals surface area contributed by atoms with Crippen LogP contribution in [0, 0.1) is 0 Å². The highest BCUT2D eigenvalue weighted by atomic mass is 32.1. The van der Waals surface area contributed by atoms with Gasteiger partial charge in [-0.05, 0) is 11.4 Å². The first kappa shape index (κ1) is 8.19. The Morgan fingerprint density at radius 2 is 2.55 bits per heavy atom. The molecule has 3 N–H and O–H groups in total. The predicted octanol–water partition coefficient (Wildman–Crippen LogP) is 0.905. The highest BCUT2D eigenvalue weighted by Gasteiger charge is 2.03. The highest BCUT2D eigenvalue weighted by molar-refractivity contribution is 7.12. The van der Waals surface area contributed by atoms with E-state index in [9.17, 15) is 0 Å². The Morgan fingerprint density at radius 3 is 3.00 bits per heavy atom. The second-order valence-electron chi connectivity index (χ2n) is 1.86. The van der Waals surface area contributed by atoms with Gasteiger partial charge in [-0.2, -0.15) is 5.48 Å². The quantitative estimate of drug-likeness (QED) is 0.360. The third-order valence-corrected chi connectivity index (χ3v) is 2.09. The summed E-state index contributed by atoms with van der Waals surface area (Å²) in [5.41, 5.74) is 2.36. The van der Waals surface area contributed by atoms with Gasteiger partial charge in [0.1, 0.15) is 5.71 Å². The predicted molar refractivity (Wildman–Crippen MR) is 42.4 cm³/mol. The van der Waals surface area contributed by atoms with Gasteiger partial charge in [0, 0.05) is 0 Å². The molecular weight excluding hydrogens is 164 g/mol. The lowest BCUT2D eigenvalue weighted by Crippen LogP contribution is -2.19. The number of rotatable bonds is 3. The number of hydrogen-bond acceptors (Lipinski definition) is 5. The third kappa shape index (κ3) is 2.01. The zero-order chi connectivity index (χ0) is 8.10. The van der Waals surface area contributed by atoms with E-state index in [0.717, 1.165) is 4.88 Å². The molecule has 0 unspecified atom stereocenters. The summed E-state index contributed by atoms with van der Waals surface area (Å²) in [6.07, 6.45) is 0. The zero-order valence-corrected chi connectivity index (χ0v) is 6.51. The van der Waals surface area contributed by atoms with Gasteiger partial charge in [-0.3, -0.25) is 0 Å². The van der Waals surface area contributed by atoms with Crippen LogP contribution >= 0.6 is 11.3 Å². The molecule has 60 valence electrons. The van der Waals surface area contributed by atoms with Crippen LogP contribution in [0.15, 0.2) is 22.7 Å². The zero-order valence-electron chi connectivity index (χ0n) is 5.69. The molecule has 1 rings (SSSR count).